The van der Waals surface area contributed by atoms with Crippen molar-refractivity contribution < 1.29 is 9.53 Å². The van der Waals surface area contributed by atoms with Crippen LogP contribution in [0.25, 0.3) is 0 Å². The highest BCUT2D eigenvalue weighted by atomic mass is 35.5. The van der Waals surface area contributed by atoms with Crippen molar-refractivity contribution in [3.8, 4) is 0 Å². The topological polar surface area (TPSA) is 63.2 Å². The largest absolute Gasteiger partial charge is 0.375 e. The Balaban J connectivity index is 0. The van der Waals surface area contributed by atoms with E-state index < -0.39 is 0 Å². The summed E-state index contributed by atoms with van der Waals surface area (Å²) in [4.78, 5) is 17.0. The molecule has 2 unspecified atom stereocenters. The number of ether oxygens (including phenoxy) is 1. The summed E-state index contributed by atoms with van der Waals surface area (Å²) in [6.07, 6.45) is -0.0773. The molecule has 0 saturated heterocycles. The van der Waals surface area contributed by atoms with Gasteiger partial charge in [-0.05, 0) is 27.8 Å². The molecular weight excluding hydrogens is 321 g/mol. The van der Waals surface area contributed by atoms with Crippen molar-refractivity contribution in [1.82, 2.24) is 15.6 Å². The number of carbonyl (C=O) groups excluding carboxylic acids is 1. The number of nitrogens with one attached hydrogen (secondary N) is 2. The molecule has 0 fully saturated rings. The molecule has 0 spiro atoms. The normalized spacial score (nSPS) is 12.8. The van der Waals surface area contributed by atoms with Gasteiger partial charge in [0.25, 0.3) is 5.91 Å². The van der Waals surface area contributed by atoms with E-state index in [0.29, 0.717) is 11.4 Å². The second-order valence-electron chi connectivity index (χ2n) is 4.24. The smallest absolute Gasteiger partial charge is 0.263 e. The molecule has 1 amide bonds. The average Bonchev–Trinajstić information content (AvgIpc) is 2.76. The fourth-order valence-corrected chi connectivity index (χ4v) is 2.34. The van der Waals surface area contributed by atoms with E-state index in [2.05, 4.69) is 15.6 Å². The predicted molar refractivity (Wildman–Crippen MR) is 87.6 cm³/mol. The number of methoxy groups -OCH3 is 1. The lowest BCUT2D eigenvalue weighted by atomic mass is 10.3. The highest BCUT2D eigenvalue weighted by Crippen LogP contribution is 2.25. The number of hydrogen-bond acceptors (Lipinski definition) is 5. The van der Waals surface area contributed by atoms with Gasteiger partial charge in [-0.2, -0.15) is 0 Å². The van der Waals surface area contributed by atoms with Crippen LogP contribution in [0.4, 0.5) is 0 Å². The second kappa shape index (κ2) is 10.3. The summed E-state index contributed by atoms with van der Waals surface area (Å²) in [5.41, 5.74) is 0.758. The van der Waals surface area contributed by atoms with Crippen LogP contribution in [-0.4, -0.2) is 37.6 Å². The maximum absolute atomic E-state index is 12.0. The average molecular weight is 344 g/mol. The third-order valence-electron chi connectivity index (χ3n) is 2.78. The van der Waals surface area contributed by atoms with Gasteiger partial charge in [0, 0.05) is 19.7 Å². The molecule has 0 saturated carbocycles. The van der Waals surface area contributed by atoms with E-state index in [1.807, 2.05) is 27.8 Å². The molecule has 0 aliphatic carbocycles. The van der Waals surface area contributed by atoms with Crippen molar-refractivity contribution in [2.75, 3.05) is 20.7 Å². The zero-order valence-corrected chi connectivity index (χ0v) is 14.8. The van der Waals surface area contributed by atoms with E-state index in [-0.39, 0.29) is 42.9 Å². The van der Waals surface area contributed by atoms with Crippen molar-refractivity contribution in [2.24, 2.45) is 0 Å². The van der Waals surface area contributed by atoms with Gasteiger partial charge >= 0.3 is 0 Å². The van der Waals surface area contributed by atoms with Gasteiger partial charge in [-0.25, -0.2) is 4.98 Å². The van der Waals surface area contributed by atoms with E-state index >= 15 is 0 Å². The first kappa shape index (κ1) is 21.9. The Labute approximate surface area is 136 Å². The lowest BCUT2D eigenvalue weighted by molar-refractivity contribution is 0.0954. The summed E-state index contributed by atoms with van der Waals surface area (Å²) in [5, 5.41) is 6.80. The van der Waals surface area contributed by atoms with E-state index in [9.17, 15) is 4.79 Å². The number of carbonyl (C=O) groups is 1. The number of aromatic nitrogens is 1. The van der Waals surface area contributed by atoms with Crippen LogP contribution in [-0.2, 0) is 4.74 Å². The third-order valence-corrected chi connectivity index (χ3v) is 4.10. The molecule has 8 heteroatoms. The van der Waals surface area contributed by atoms with Crippen LogP contribution in [0.5, 0.6) is 0 Å². The third kappa shape index (κ3) is 5.93. The Morgan fingerprint density at radius 3 is 2.50 bits per heavy atom. The van der Waals surface area contributed by atoms with Gasteiger partial charge in [-0.1, -0.05) is 0 Å². The van der Waals surface area contributed by atoms with Gasteiger partial charge in [-0.15, -0.1) is 36.2 Å². The predicted octanol–water partition coefficient (Wildman–Crippen LogP) is 2.34. The van der Waals surface area contributed by atoms with Gasteiger partial charge in [-0.3, -0.25) is 4.79 Å². The zero-order valence-electron chi connectivity index (χ0n) is 12.4. The first-order valence-electron chi connectivity index (χ1n) is 5.95. The summed E-state index contributed by atoms with van der Waals surface area (Å²) < 4.78 is 5.21. The molecule has 1 heterocycles. The molecule has 20 heavy (non-hydrogen) atoms. The van der Waals surface area contributed by atoms with Gasteiger partial charge in [0.15, 0.2) is 0 Å². The molecule has 1 rings (SSSR count). The van der Waals surface area contributed by atoms with E-state index in [1.54, 1.807) is 7.11 Å². The Morgan fingerprint density at radius 1 is 1.40 bits per heavy atom. The molecular formula is C12H23Cl2N3O2S. The molecule has 2 atom stereocenters. The first-order chi connectivity index (χ1) is 8.49. The fraction of sp³-hybridized carbons (Fsp3) is 0.667. The second-order valence-corrected chi connectivity index (χ2v) is 5.27. The summed E-state index contributed by atoms with van der Waals surface area (Å²) in [6.45, 7) is 6.38. The molecule has 0 bridgehead atoms. The number of halogens is 2. The highest BCUT2D eigenvalue weighted by Gasteiger charge is 2.18. The van der Waals surface area contributed by atoms with E-state index in [1.165, 1.54) is 11.3 Å². The van der Waals surface area contributed by atoms with Gasteiger partial charge < -0.3 is 15.4 Å². The lowest BCUT2D eigenvalue weighted by Crippen LogP contribution is -2.37. The standard InChI is InChI=1S/C12H21N3O2S.2ClH/c1-7(13-4)6-14-11(16)10-8(2)15-12(18-10)9(3)17-5;;/h7,9,13H,6H2,1-5H3,(H,14,16);2*1H. The molecule has 1 aromatic rings. The molecule has 5 nitrogen and oxygen atoms in total. The first-order valence-corrected chi connectivity index (χ1v) is 6.76. The Bertz CT molecular complexity index is 415. The lowest BCUT2D eigenvalue weighted by Gasteiger charge is -2.10. The van der Waals surface area contributed by atoms with Crippen LogP contribution in [0.3, 0.4) is 0 Å². The number of amides is 1. The molecule has 2 N–H and O–H groups in total. The van der Waals surface area contributed by atoms with Crippen LogP contribution in [0, 0.1) is 6.92 Å². The van der Waals surface area contributed by atoms with Crippen LogP contribution in [0.1, 0.15) is 40.3 Å². The minimum absolute atomic E-state index is 0. The number of aryl methyl sites for hydroxylation is 1. The fourth-order valence-electron chi connectivity index (χ4n) is 1.33. The van der Waals surface area contributed by atoms with Crippen LogP contribution in [0.2, 0.25) is 0 Å². The summed E-state index contributed by atoms with van der Waals surface area (Å²) in [6, 6.07) is 0.250. The molecule has 0 aromatic carbocycles. The van der Waals surface area contributed by atoms with Gasteiger partial charge in [0.05, 0.1) is 5.69 Å². The van der Waals surface area contributed by atoms with Gasteiger partial charge in [0.1, 0.15) is 16.0 Å². The van der Waals surface area contributed by atoms with E-state index in [4.69, 9.17) is 4.74 Å². The Morgan fingerprint density at radius 2 is 2.00 bits per heavy atom. The highest BCUT2D eigenvalue weighted by molar-refractivity contribution is 7.13. The summed E-state index contributed by atoms with van der Waals surface area (Å²) >= 11 is 1.39. The number of rotatable bonds is 6. The van der Waals surface area contributed by atoms with Crippen LogP contribution < -0.4 is 10.6 Å². The van der Waals surface area contributed by atoms with Crippen LogP contribution >= 0.6 is 36.2 Å². The van der Waals surface area contributed by atoms with Crippen molar-refractivity contribution in [2.45, 2.75) is 32.9 Å². The zero-order chi connectivity index (χ0) is 13.7. The van der Waals surface area contributed by atoms with Crippen molar-refractivity contribution >= 4 is 42.1 Å². The minimum Gasteiger partial charge on any atom is -0.375 e. The Hall–Kier alpha value is -0.400. The monoisotopic (exact) mass is 343 g/mol. The molecule has 0 aliphatic heterocycles. The minimum atomic E-state index is -0.0773. The van der Waals surface area contributed by atoms with Crippen LogP contribution in [0.15, 0.2) is 0 Å². The van der Waals surface area contributed by atoms with Crippen molar-refractivity contribution in [3.63, 3.8) is 0 Å². The maximum atomic E-state index is 12.0. The van der Waals surface area contributed by atoms with Gasteiger partial charge in [0.2, 0.25) is 0 Å². The summed E-state index contributed by atoms with van der Waals surface area (Å²) in [5.74, 6) is -0.0679. The molecule has 0 aliphatic rings. The molecule has 118 valence electrons. The van der Waals surface area contributed by atoms with Crippen molar-refractivity contribution in [1.29, 1.82) is 0 Å². The number of nitrogens with zero attached hydrogens (tertiary/aromatic N) is 1. The maximum Gasteiger partial charge on any atom is 0.263 e. The SMILES string of the molecule is CNC(C)CNC(=O)c1sc(C(C)OC)nc1C.Cl.Cl. The number of hydrogen-bond donors (Lipinski definition) is 2. The molecule has 1 aromatic heterocycles. The summed E-state index contributed by atoms with van der Waals surface area (Å²) in [7, 11) is 3.50. The number of likely N-dealkylation sites (N-methyl/N-ethyl adjacent to an activating group) is 1. The quantitative estimate of drug-likeness (QED) is 0.832. The Kier molecular flexibility index (Phi) is 11.3. The van der Waals surface area contributed by atoms with E-state index in [0.717, 1.165) is 10.7 Å². The van der Waals surface area contributed by atoms with Crippen molar-refractivity contribution in [3.05, 3.63) is 15.6 Å². The molecule has 0 radical (unpaired) electrons. The number of thiazole rings is 1.